The predicted molar refractivity (Wildman–Crippen MR) is 100 cm³/mol. The van der Waals surface area contributed by atoms with E-state index in [0.717, 1.165) is 44.9 Å². The summed E-state index contributed by atoms with van der Waals surface area (Å²) in [6.45, 7) is 0. The fraction of sp³-hybridized carbons (Fsp3) is 0.0909. The van der Waals surface area contributed by atoms with E-state index in [1.54, 1.807) is 14.2 Å². The number of para-hydroxylation sites is 2. The van der Waals surface area contributed by atoms with Gasteiger partial charge in [-0.2, -0.15) is 0 Å². The van der Waals surface area contributed by atoms with Crippen LogP contribution in [0.3, 0.4) is 0 Å². The minimum absolute atomic E-state index is 0.818. The molecule has 1 heterocycles. The molecule has 0 saturated carbocycles. The maximum atomic E-state index is 6.22. The van der Waals surface area contributed by atoms with Crippen molar-refractivity contribution in [1.82, 2.24) is 0 Å². The Hall–Kier alpha value is -3.20. The predicted octanol–water partition coefficient (Wildman–Crippen LogP) is 5.78. The Morgan fingerprint density at radius 1 is 0.720 bits per heavy atom. The second kappa shape index (κ2) is 6.36. The van der Waals surface area contributed by atoms with Crippen LogP contribution in [0.4, 0.5) is 0 Å². The minimum Gasteiger partial charge on any atom is -0.497 e. The maximum Gasteiger partial charge on any atom is 0.143 e. The van der Waals surface area contributed by atoms with Gasteiger partial charge in [-0.15, -0.1) is 0 Å². The van der Waals surface area contributed by atoms with Gasteiger partial charge in [0, 0.05) is 22.1 Å². The molecule has 0 aliphatic rings. The van der Waals surface area contributed by atoms with Gasteiger partial charge in [0.15, 0.2) is 0 Å². The van der Waals surface area contributed by atoms with Crippen molar-refractivity contribution in [1.29, 1.82) is 0 Å². The first-order valence-electron chi connectivity index (χ1n) is 8.11. The van der Waals surface area contributed by atoms with Crippen molar-refractivity contribution in [3.8, 4) is 33.9 Å². The van der Waals surface area contributed by atoms with Gasteiger partial charge in [0.25, 0.3) is 0 Å². The van der Waals surface area contributed by atoms with E-state index < -0.39 is 0 Å². The van der Waals surface area contributed by atoms with E-state index in [2.05, 4.69) is 12.1 Å². The summed E-state index contributed by atoms with van der Waals surface area (Å²) in [7, 11) is 3.35. The molecule has 25 heavy (non-hydrogen) atoms. The highest BCUT2D eigenvalue weighted by molar-refractivity contribution is 6.03. The zero-order valence-corrected chi connectivity index (χ0v) is 14.2. The number of hydrogen-bond donors (Lipinski definition) is 0. The third-order valence-corrected chi connectivity index (χ3v) is 4.32. The van der Waals surface area contributed by atoms with Gasteiger partial charge in [0.05, 0.1) is 14.2 Å². The number of benzene rings is 3. The average molecular weight is 330 g/mol. The molecule has 0 aliphatic carbocycles. The lowest BCUT2D eigenvalue weighted by molar-refractivity contribution is 0.415. The van der Waals surface area contributed by atoms with Crippen molar-refractivity contribution in [2.45, 2.75) is 0 Å². The molecule has 0 unspecified atom stereocenters. The number of fused-ring (bicyclic) bond motifs is 1. The molecule has 3 nitrogen and oxygen atoms in total. The van der Waals surface area contributed by atoms with Crippen molar-refractivity contribution in [2.75, 3.05) is 14.2 Å². The molecule has 0 aliphatic heterocycles. The number of methoxy groups -OCH3 is 2. The lowest BCUT2D eigenvalue weighted by atomic mass is 9.98. The number of ether oxygens (including phenoxy) is 2. The van der Waals surface area contributed by atoms with Gasteiger partial charge >= 0.3 is 0 Å². The molecular formula is C22H18O3. The van der Waals surface area contributed by atoms with Crippen molar-refractivity contribution in [2.24, 2.45) is 0 Å². The molecule has 1 aromatic heterocycles. The summed E-state index contributed by atoms with van der Waals surface area (Å²) in [5.74, 6) is 2.47. The Balaban J connectivity index is 2.01. The summed E-state index contributed by atoms with van der Waals surface area (Å²) in [6, 6.07) is 24.0. The first-order valence-corrected chi connectivity index (χ1v) is 8.11. The second-order valence-corrected chi connectivity index (χ2v) is 5.73. The Morgan fingerprint density at radius 2 is 1.44 bits per heavy atom. The van der Waals surface area contributed by atoms with E-state index in [-0.39, 0.29) is 0 Å². The molecule has 0 atom stereocenters. The van der Waals surface area contributed by atoms with Crippen LogP contribution in [0.25, 0.3) is 33.4 Å². The lowest BCUT2D eigenvalue weighted by Crippen LogP contribution is -1.88. The first kappa shape index (κ1) is 15.3. The van der Waals surface area contributed by atoms with Gasteiger partial charge in [0.1, 0.15) is 22.8 Å². The Labute approximate surface area is 146 Å². The molecule has 0 N–H and O–H groups in total. The molecule has 0 spiro atoms. The minimum atomic E-state index is 0.818. The maximum absolute atomic E-state index is 6.22. The standard InChI is InChI=1S/C22H18O3/c1-23-16-13-11-15(12-14-16)22-21(17-7-3-5-9-19(17)24-2)18-8-4-6-10-20(18)25-22/h3-14H,1-2H3. The summed E-state index contributed by atoms with van der Waals surface area (Å²) in [6.07, 6.45) is 0. The van der Waals surface area contributed by atoms with Gasteiger partial charge < -0.3 is 13.9 Å². The van der Waals surface area contributed by atoms with E-state index in [4.69, 9.17) is 13.9 Å². The summed E-state index contributed by atoms with van der Waals surface area (Å²) in [4.78, 5) is 0. The third kappa shape index (κ3) is 2.64. The highest BCUT2D eigenvalue weighted by atomic mass is 16.5. The monoisotopic (exact) mass is 330 g/mol. The molecule has 4 rings (SSSR count). The van der Waals surface area contributed by atoms with Crippen LogP contribution in [0.1, 0.15) is 0 Å². The van der Waals surface area contributed by atoms with Crippen LogP contribution >= 0.6 is 0 Å². The molecule has 0 saturated heterocycles. The quantitative estimate of drug-likeness (QED) is 0.475. The van der Waals surface area contributed by atoms with Gasteiger partial charge in [-0.05, 0) is 36.4 Å². The van der Waals surface area contributed by atoms with Crippen molar-refractivity contribution in [3.63, 3.8) is 0 Å². The van der Waals surface area contributed by atoms with Crippen LogP contribution in [0.5, 0.6) is 11.5 Å². The van der Waals surface area contributed by atoms with Crippen LogP contribution in [0.2, 0.25) is 0 Å². The van der Waals surface area contributed by atoms with E-state index in [1.807, 2.05) is 60.7 Å². The van der Waals surface area contributed by atoms with Crippen LogP contribution in [0, 0.1) is 0 Å². The summed E-state index contributed by atoms with van der Waals surface area (Å²) >= 11 is 0. The van der Waals surface area contributed by atoms with E-state index in [1.165, 1.54) is 0 Å². The van der Waals surface area contributed by atoms with Crippen LogP contribution in [0.15, 0.2) is 77.2 Å². The molecule has 3 heteroatoms. The fourth-order valence-electron chi connectivity index (χ4n) is 3.11. The third-order valence-electron chi connectivity index (χ3n) is 4.32. The molecule has 124 valence electrons. The lowest BCUT2D eigenvalue weighted by Gasteiger charge is -2.09. The zero-order valence-electron chi connectivity index (χ0n) is 14.2. The SMILES string of the molecule is COc1ccc(-c2oc3ccccc3c2-c2ccccc2OC)cc1. The van der Waals surface area contributed by atoms with Crippen LogP contribution in [-0.4, -0.2) is 14.2 Å². The summed E-state index contributed by atoms with van der Waals surface area (Å²) < 4.78 is 17.1. The molecule has 4 aromatic rings. The van der Waals surface area contributed by atoms with Crippen molar-refractivity contribution >= 4 is 11.0 Å². The van der Waals surface area contributed by atoms with Gasteiger partial charge in [-0.3, -0.25) is 0 Å². The molecule has 0 fully saturated rings. The van der Waals surface area contributed by atoms with Gasteiger partial charge in [0.2, 0.25) is 0 Å². The van der Waals surface area contributed by atoms with Crippen LogP contribution < -0.4 is 9.47 Å². The number of furan rings is 1. The van der Waals surface area contributed by atoms with E-state index >= 15 is 0 Å². The smallest absolute Gasteiger partial charge is 0.143 e. The molecule has 0 amide bonds. The molecule has 0 bridgehead atoms. The average Bonchev–Trinajstić information content (AvgIpc) is 3.07. The van der Waals surface area contributed by atoms with Gasteiger partial charge in [-0.1, -0.05) is 36.4 Å². The topological polar surface area (TPSA) is 31.6 Å². The summed E-state index contributed by atoms with van der Waals surface area (Å²) in [5, 5.41) is 1.07. The highest BCUT2D eigenvalue weighted by Crippen LogP contribution is 2.44. The second-order valence-electron chi connectivity index (χ2n) is 5.73. The van der Waals surface area contributed by atoms with Crippen molar-refractivity contribution in [3.05, 3.63) is 72.8 Å². The molecular weight excluding hydrogens is 312 g/mol. The fourth-order valence-corrected chi connectivity index (χ4v) is 3.11. The molecule has 3 aromatic carbocycles. The largest absolute Gasteiger partial charge is 0.497 e. The Morgan fingerprint density at radius 3 is 2.20 bits per heavy atom. The number of hydrogen-bond acceptors (Lipinski definition) is 3. The van der Waals surface area contributed by atoms with Gasteiger partial charge in [-0.25, -0.2) is 0 Å². The first-order chi connectivity index (χ1) is 12.3. The van der Waals surface area contributed by atoms with E-state index in [0.29, 0.717) is 0 Å². The highest BCUT2D eigenvalue weighted by Gasteiger charge is 2.20. The van der Waals surface area contributed by atoms with Crippen LogP contribution in [-0.2, 0) is 0 Å². The normalized spacial score (nSPS) is 10.8. The number of rotatable bonds is 4. The Kier molecular flexibility index (Phi) is 3.90. The molecule has 0 radical (unpaired) electrons. The zero-order chi connectivity index (χ0) is 17.2. The van der Waals surface area contributed by atoms with E-state index in [9.17, 15) is 0 Å². The van der Waals surface area contributed by atoms with Crippen molar-refractivity contribution < 1.29 is 13.9 Å². The summed E-state index contributed by atoms with van der Waals surface area (Å²) in [5.41, 5.74) is 3.91. The Bertz CT molecular complexity index is 1010.